The van der Waals surface area contributed by atoms with Gasteiger partial charge in [0.05, 0.1) is 11.1 Å². The van der Waals surface area contributed by atoms with Gasteiger partial charge in [-0.2, -0.15) is 13.2 Å². The first-order valence-corrected chi connectivity index (χ1v) is 12.5. The van der Waals surface area contributed by atoms with E-state index in [1.807, 2.05) is 6.08 Å². The van der Waals surface area contributed by atoms with Crippen molar-refractivity contribution in [1.82, 2.24) is 10.6 Å². The van der Waals surface area contributed by atoms with Gasteiger partial charge in [-0.25, -0.2) is 0 Å². The molecule has 0 aromatic heterocycles. The Morgan fingerprint density at radius 2 is 1.85 bits per heavy atom. The van der Waals surface area contributed by atoms with Gasteiger partial charge < -0.3 is 10.6 Å². The van der Waals surface area contributed by atoms with Gasteiger partial charge in [-0.15, -0.1) is 0 Å². The lowest BCUT2D eigenvalue weighted by atomic mass is 9.48. The number of fused-ring (bicyclic) bond motifs is 5. The number of nitrogens with one attached hydrogen (secondary N) is 2. The fourth-order valence-corrected chi connectivity index (χ4v) is 7.80. The maximum atomic E-state index is 13.6. The predicted octanol–water partition coefficient (Wildman–Crippen LogP) is 5.76. The minimum absolute atomic E-state index is 0.0160. The van der Waals surface area contributed by atoms with Crippen LogP contribution in [0.3, 0.4) is 0 Å². The molecule has 1 aromatic carbocycles. The Hall–Kier alpha value is -2.31. The second-order valence-corrected chi connectivity index (χ2v) is 11.5. The molecule has 2 amide bonds. The lowest BCUT2D eigenvalue weighted by molar-refractivity contribution is -0.138. The minimum Gasteiger partial charge on any atom is -0.347 e. The van der Waals surface area contributed by atoms with E-state index in [2.05, 4.69) is 24.5 Å². The molecular weight excluding hydrogens is 441 g/mol. The number of hydrogen-bond donors (Lipinski definition) is 2. The molecule has 0 radical (unpaired) electrons. The zero-order valence-corrected chi connectivity index (χ0v) is 20.0. The van der Waals surface area contributed by atoms with E-state index in [4.69, 9.17) is 0 Å². The number of rotatable bonds is 2. The number of carbonyl (C=O) groups excluding carboxylic acids is 2. The first kappa shape index (κ1) is 23.4. The lowest BCUT2D eigenvalue weighted by Crippen LogP contribution is -2.60. The van der Waals surface area contributed by atoms with Crippen LogP contribution in [0.2, 0.25) is 0 Å². The fraction of sp³-hybridized carbons (Fsp3) is 0.630. The van der Waals surface area contributed by atoms with E-state index >= 15 is 0 Å². The van der Waals surface area contributed by atoms with Crippen LogP contribution < -0.4 is 10.6 Å². The molecule has 34 heavy (non-hydrogen) atoms. The largest absolute Gasteiger partial charge is 0.417 e. The van der Waals surface area contributed by atoms with Gasteiger partial charge in [0.2, 0.25) is 0 Å². The van der Waals surface area contributed by atoms with E-state index in [9.17, 15) is 22.8 Å². The van der Waals surface area contributed by atoms with Crippen LogP contribution in [0.1, 0.15) is 80.3 Å². The van der Waals surface area contributed by atoms with Crippen LogP contribution in [0.15, 0.2) is 30.0 Å². The zero-order valence-electron chi connectivity index (χ0n) is 20.0. The van der Waals surface area contributed by atoms with Crippen LogP contribution in [-0.4, -0.2) is 17.9 Å². The zero-order chi connectivity index (χ0) is 24.5. The Morgan fingerprint density at radius 1 is 1.09 bits per heavy atom. The van der Waals surface area contributed by atoms with Crippen LogP contribution in [0, 0.1) is 35.5 Å². The van der Waals surface area contributed by atoms with Crippen molar-refractivity contribution >= 4 is 11.8 Å². The Kier molecular flexibility index (Phi) is 5.41. The van der Waals surface area contributed by atoms with Gasteiger partial charge in [-0.05, 0) is 86.8 Å². The number of alkyl halides is 3. The molecule has 1 aliphatic heterocycles. The highest BCUT2D eigenvalue weighted by Gasteiger charge is 2.57. The molecule has 6 atom stereocenters. The topological polar surface area (TPSA) is 58.2 Å². The fourth-order valence-electron chi connectivity index (χ4n) is 7.80. The van der Waals surface area contributed by atoms with Crippen LogP contribution in [-0.2, 0) is 11.0 Å². The summed E-state index contributed by atoms with van der Waals surface area (Å²) >= 11 is 0. The molecule has 5 rings (SSSR count). The maximum absolute atomic E-state index is 13.6. The van der Waals surface area contributed by atoms with Crippen molar-refractivity contribution in [3.63, 3.8) is 0 Å². The summed E-state index contributed by atoms with van der Waals surface area (Å²) < 4.78 is 40.7. The van der Waals surface area contributed by atoms with Crippen molar-refractivity contribution in [3.05, 3.63) is 46.7 Å². The Labute approximate surface area is 198 Å². The van der Waals surface area contributed by atoms with E-state index in [1.54, 1.807) is 6.92 Å². The van der Waals surface area contributed by atoms with Crippen molar-refractivity contribution < 1.29 is 22.8 Å². The molecule has 1 unspecified atom stereocenters. The highest BCUT2D eigenvalue weighted by molar-refractivity contribution is 6.04. The van der Waals surface area contributed by atoms with Gasteiger partial charge >= 0.3 is 6.18 Å². The number of amides is 2. The van der Waals surface area contributed by atoms with Crippen LogP contribution >= 0.6 is 0 Å². The first-order chi connectivity index (χ1) is 15.9. The highest BCUT2D eigenvalue weighted by Crippen LogP contribution is 2.63. The number of carbonyl (C=O) groups is 2. The Bertz CT molecular complexity index is 1060. The summed E-state index contributed by atoms with van der Waals surface area (Å²) in [6.45, 7) is 6.14. The summed E-state index contributed by atoms with van der Waals surface area (Å²) in [7, 11) is 0. The Balaban J connectivity index is 1.45. The van der Waals surface area contributed by atoms with Gasteiger partial charge in [-0.3, -0.25) is 9.59 Å². The molecule has 4 aliphatic rings. The molecule has 2 N–H and O–H groups in total. The van der Waals surface area contributed by atoms with Crippen LogP contribution in [0.25, 0.3) is 0 Å². The molecule has 0 bridgehead atoms. The van der Waals surface area contributed by atoms with E-state index < -0.39 is 29.1 Å². The smallest absolute Gasteiger partial charge is 0.347 e. The normalized spacial score (nSPS) is 37.1. The third-order valence-corrected chi connectivity index (χ3v) is 9.54. The van der Waals surface area contributed by atoms with Gasteiger partial charge in [0.15, 0.2) is 0 Å². The second kappa shape index (κ2) is 7.85. The number of halogens is 3. The molecule has 0 spiro atoms. The minimum atomic E-state index is -4.66. The van der Waals surface area contributed by atoms with Crippen molar-refractivity contribution in [1.29, 1.82) is 0 Å². The Morgan fingerprint density at radius 3 is 2.59 bits per heavy atom. The number of benzene rings is 1. The van der Waals surface area contributed by atoms with Gasteiger partial charge in [0, 0.05) is 11.5 Å². The molecule has 3 fully saturated rings. The average Bonchev–Trinajstić information content (AvgIpc) is 3.16. The van der Waals surface area contributed by atoms with E-state index in [0.29, 0.717) is 28.7 Å². The number of hydrogen-bond acceptors (Lipinski definition) is 2. The maximum Gasteiger partial charge on any atom is 0.417 e. The van der Waals surface area contributed by atoms with Crippen LogP contribution in [0.4, 0.5) is 13.2 Å². The predicted molar refractivity (Wildman–Crippen MR) is 123 cm³/mol. The molecule has 1 aromatic rings. The molecule has 3 aliphatic carbocycles. The standard InChI is InChI=1S/C27H33F3N2O2/c1-15-6-7-17(20(13-15)27(28,29)30)23(33)31-21-14-26(3)19-10-12-25(2)11-4-5-18(25)16(19)8-9-22(26)32-24(21)34/h6-7,13-14,16,18-19,22H,4-5,8-12H2,1-3H3,(H,31,33)(H,32,34)/t16-,18-,19+,22?,25-,26+/m0/s1. The van der Waals surface area contributed by atoms with Gasteiger partial charge in [0.25, 0.3) is 11.8 Å². The summed E-state index contributed by atoms with van der Waals surface area (Å²) in [5.74, 6) is 0.335. The van der Waals surface area contributed by atoms with Crippen molar-refractivity contribution in [2.75, 3.05) is 0 Å². The number of aryl methyl sites for hydroxylation is 1. The third-order valence-electron chi connectivity index (χ3n) is 9.54. The lowest BCUT2D eigenvalue weighted by Gasteiger charge is -2.58. The summed E-state index contributed by atoms with van der Waals surface area (Å²) in [5, 5.41) is 5.61. The van der Waals surface area contributed by atoms with Crippen molar-refractivity contribution in [2.24, 2.45) is 28.6 Å². The molecule has 0 saturated heterocycles. The summed E-state index contributed by atoms with van der Waals surface area (Å²) in [6.07, 6.45) is 5.26. The van der Waals surface area contributed by atoms with Crippen LogP contribution in [0.5, 0.6) is 0 Å². The summed E-state index contributed by atoms with van der Waals surface area (Å²) in [4.78, 5) is 25.8. The molecule has 184 valence electrons. The molecule has 4 nitrogen and oxygen atoms in total. The summed E-state index contributed by atoms with van der Waals surface area (Å²) in [5.41, 5.74) is -0.904. The third kappa shape index (κ3) is 3.66. The van der Waals surface area contributed by atoms with Crippen molar-refractivity contribution in [3.8, 4) is 0 Å². The SMILES string of the molecule is Cc1ccc(C(=O)NC2=C[C@@]3(C)C(CC[C@@H]4[C@H]3CC[C@]3(C)CCC[C@@H]43)NC2=O)c(C(F)(F)F)c1. The van der Waals surface area contributed by atoms with E-state index in [1.165, 1.54) is 37.8 Å². The van der Waals surface area contributed by atoms with E-state index in [-0.39, 0.29) is 17.2 Å². The van der Waals surface area contributed by atoms with Gasteiger partial charge in [-0.1, -0.05) is 31.9 Å². The van der Waals surface area contributed by atoms with E-state index in [0.717, 1.165) is 25.3 Å². The first-order valence-electron chi connectivity index (χ1n) is 12.5. The summed E-state index contributed by atoms with van der Waals surface area (Å²) in [6, 6.07) is 3.60. The quantitative estimate of drug-likeness (QED) is 0.573. The average molecular weight is 475 g/mol. The molecule has 1 heterocycles. The highest BCUT2D eigenvalue weighted by atomic mass is 19.4. The molecule has 3 saturated carbocycles. The second-order valence-electron chi connectivity index (χ2n) is 11.5. The van der Waals surface area contributed by atoms with Crippen molar-refractivity contribution in [2.45, 2.75) is 77.9 Å². The molecule has 7 heteroatoms. The van der Waals surface area contributed by atoms with Gasteiger partial charge in [0.1, 0.15) is 5.70 Å². The monoisotopic (exact) mass is 474 g/mol. The molecular formula is C27H33F3N2O2.